The van der Waals surface area contributed by atoms with Crippen LogP contribution in [-0.4, -0.2) is 11.0 Å². The number of hydrogen-bond acceptors (Lipinski definition) is 1. The molecule has 0 aliphatic heterocycles. The summed E-state index contributed by atoms with van der Waals surface area (Å²) in [7, 11) is 0. The number of fused-ring (bicyclic) bond motifs is 1. The Labute approximate surface area is 116 Å². The molecular weight excluding hydrogens is 250 g/mol. The number of hydrogen-bond donors (Lipinski definition) is 3. The number of para-hydroxylation sites is 2. The highest BCUT2D eigenvalue weighted by Crippen LogP contribution is 2.22. The van der Waals surface area contributed by atoms with Crippen molar-refractivity contribution in [3.05, 3.63) is 60.3 Å². The number of aromatic amines is 1. The van der Waals surface area contributed by atoms with Crippen LogP contribution in [0, 0.1) is 6.92 Å². The molecule has 0 atom stereocenters. The summed E-state index contributed by atoms with van der Waals surface area (Å²) < 4.78 is 0. The predicted molar refractivity (Wildman–Crippen MR) is 82.1 cm³/mol. The normalized spacial score (nSPS) is 10.4. The van der Waals surface area contributed by atoms with Crippen molar-refractivity contribution >= 4 is 28.3 Å². The molecule has 1 aromatic heterocycles. The van der Waals surface area contributed by atoms with Gasteiger partial charge in [0.15, 0.2) is 0 Å². The lowest BCUT2D eigenvalue weighted by Crippen LogP contribution is -2.19. The highest BCUT2D eigenvalue weighted by Gasteiger charge is 2.08. The average Bonchev–Trinajstić information content (AvgIpc) is 2.85. The summed E-state index contributed by atoms with van der Waals surface area (Å²) in [4.78, 5) is 15.2. The first-order chi connectivity index (χ1) is 9.74. The van der Waals surface area contributed by atoms with Gasteiger partial charge in [-0.25, -0.2) is 4.79 Å². The predicted octanol–water partition coefficient (Wildman–Crippen LogP) is 4.12. The van der Waals surface area contributed by atoms with Crippen LogP contribution < -0.4 is 10.6 Å². The van der Waals surface area contributed by atoms with E-state index in [1.165, 1.54) is 0 Å². The molecular formula is C16H15N3O. The molecule has 0 radical (unpaired) electrons. The fraction of sp³-hybridized carbons (Fsp3) is 0.0625. The van der Waals surface area contributed by atoms with Gasteiger partial charge in [0.1, 0.15) is 0 Å². The van der Waals surface area contributed by atoms with E-state index in [4.69, 9.17) is 0 Å². The van der Waals surface area contributed by atoms with E-state index in [1.807, 2.05) is 55.5 Å². The zero-order chi connectivity index (χ0) is 13.9. The second-order valence-corrected chi connectivity index (χ2v) is 4.64. The largest absolute Gasteiger partial charge is 0.359 e. The lowest BCUT2D eigenvalue weighted by Gasteiger charge is -2.09. The van der Waals surface area contributed by atoms with E-state index in [2.05, 4.69) is 15.6 Å². The molecule has 20 heavy (non-hydrogen) atoms. The first kappa shape index (κ1) is 12.3. The Morgan fingerprint density at radius 2 is 1.65 bits per heavy atom. The third-order valence-electron chi connectivity index (χ3n) is 3.23. The zero-order valence-electron chi connectivity index (χ0n) is 11.1. The summed E-state index contributed by atoms with van der Waals surface area (Å²) in [6.07, 6.45) is 1.79. The first-order valence-electron chi connectivity index (χ1n) is 6.44. The molecule has 3 N–H and O–H groups in total. The van der Waals surface area contributed by atoms with E-state index in [0.29, 0.717) is 0 Å². The van der Waals surface area contributed by atoms with Crippen molar-refractivity contribution in [2.24, 2.45) is 0 Å². The van der Waals surface area contributed by atoms with E-state index in [9.17, 15) is 4.79 Å². The zero-order valence-corrected chi connectivity index (χ0v) is 11.1. The van der Waals surface area contributed by atoms with E-state index in [-0.39, 0.29) is 6.03 Å². The van der Waals surface area contributed by atoms with Crippen molar-refractivity contribution in [1.82, 2.24) is 4.98 Å². The van der Waals surface area contributed by atoms with Gasteiger partial charge in [0.25, 0.3) is 0 Å². The Balaban J connectivity index is 1.78. The van der Waals surface area contributed by atoms with Crippen LogP contribution in [0.2, 0.25) is 0 Å². The molecule has 4 nitrogen and oxygen atoms in total. The minimum absolute atomic E-state index is 0.246. The van der Waals surface area contributed by atoms with Crippen LogP contribution in [0.4, 0.5) is 16.2 Å². The summed E-state index contributed by atoms with van der Waals surface area (Å²) >= 11 is 0. The van der Waals surface area contributed by atoms with Crippen LogP contribution in [0.5, 0.6) is 0 Å². The minimum Gasteiger partial charge on any atom is -0.359 e. The topological polar surface area (TPSA) is 56.9 Å². The van der Waals surface area contributed by atoms with Gasteiger partial charge < -0.3 is 15.6 Å². The number of amides is 2. The summed E-state index contributed by atoms with van der Waals surface area (Å²) in [5.74, 6) is 0. The van der Waals surface area contributed by atoms with Crippen molar-refractivity contribution in [3.8, 4) is 0 Å². The van der Waals surface area contributed by atoms with E-state index < -0.39 is 0 Å². The first-order valence-corrected chi connectivity index (χ1v) is 6.44. The van der Waals surface area contributed by atoms with Gasteiger partial charge in [-0.15, -0.1) is 0 Å². The molecule has 0 spiro atoms. The highest BCUT2D eigenvalue weighted by atomic mass is 16.2. The lowest BCUT2D eigenvalue weighted by molar-refractivity contribution is 0.262. The van der Waals surface area contributed by atoms with Crippen molar-refractivity contribution < 1.29 is 4.79 Å². The lowest BCUT2D eigenvalue weighted by atomic mass is 10.2. The van der Waals surface area contributed by atoms with Gasteiger partial charge in [-0.05, 0) is 24.6 Å². The monoisotopic (exact) mass is 265 g/mol. The molecule has 0 aliphatic rings. The SMILES string of the molecule is Cc1ccccc1NC(=O)Nc1c[nH]c2ccccc12. The molecule has 0 fully saturated rings. The summed E-state index contributed by atoms with van der Waals surface area (Å²) in [6, 6.07) is 15.3. The number of urea groups is 1. The van der Waals surface area contributed by atoms with Gasteiger partial charge in [-0.1, -0.05) is 36.4 Å². The van der Waals surface area contributed by atoms with Gasteiger partial charge in [0, 0.05) is 22.8 Å². The number of nitrogens with one attached hydrogen (secondary N) is 3. The highest BCUT2D eigenvalue weighted by molar-refractivity contribution is 6.06. The Kier molecular flexibility index (Phi) is 3.13. The number of anilines is 2. The number of H-pyrrole nitrogens is 1. The molecule has 0 aliphatic carbocycles. The minimum atomic E-state index is -0.246. The molecule has 1 heterocycles. The number of benzene rings is 2. The average molecular weight is 265 g/mol. The summed E-state index contributed by atoms with van der Waals surface area (Å²) in [5.41, 5.74) is 3.61. The van der Waals surface area contributed by atoms with Crippen LogP contribution >= 0.6 is 0 Å². The number of carbonyl (C=O) groups excluding carboxylic acids is 1. The second kappa shape index (κ2) is 5.09. The molecule has 0 unspecified atom stereocenters. The summed E-state index contributed by atoms with van der Waals surface area (Å²) in [5, 5.41) is 6.70. The molecule has 3 aromatic rings. The van der Waals surface area contributed by atoms with Crippen LogP contribution in [-0.2, 0) is 0 Å². The molecule has 0 saturated heterocycles. The maximum Gasteiger partial charge on any atom is 0.323 e. The van der Waals surface area contributed by atoms with Crippen LogP contribution in [0.1, 0.15) is 5.56 Å². The number of aromatic nitrogens is 1. The van der Waals surface area contributed by atoms with Gasteiger partial charge in [-0.3, -0.25) is 0 Å². The maximum atomic E-state index is 12.0. The Morgan fingerprint density at radius 3 is 2.50 bits per heavy atom. The van der Waals surface area contributed by atoms with Gasteiger partial charge in [0.2, 0.25) is 0 Å². The maximum absolute atomic E-state index is 12.0. The quantitative estimate of drug-likeness (QED) is 0.641. The second-order valence-electron chi connectivity index (χ2n) is 4.64. The molecule has 2 aromatic carbocycles. The molecule has 0 saturated carbocycles. The van der Waals surface area contributed by atoms with Crippen molar-refractivity contribution in [2.75, 3.05) is 10.6 Å². The van der Waals surface area contributed by atoms with Crippen LogP contribution in [0.25, 0.3) is 10.9 Å². The fourth-order valence-corrected chi connectivity index (χ4v) is 2.16. The Bertz CT molecular complexity index is 761. The molecule has 2 amide bonds. The van der Waals surface area contributed by atoms with E-state index in [1.54, 1.807) is 6.20 Å². The fourth-order valence-electron chi connectivity index (χ4n) is 2.16. The van der Waals surface area contributed by atoms with Crippen LogP contribution in [0.15, 0.2) is 54.7 Å². The Hall–Kier alpha value is -2.75. The third-order valence-corrected chi connectivity index (χ3v) is 3.23. The van der Waals surface area contributed by atoms with Crippen molar-refractivity contribution in [1.29, 1.82) is 0 Å². The smallest absolute Gasteiger partial charge is 0.323 e. The van der Waals surface area contributed by atoms with E-state index in [0.717, 1.165) is 27.8 Å². The molecule has 4 heteroatoms. The third kappa shape index (κ3) is 2.36. The molecule has 3 rings (SSSR count). The van der Waals surface area contributed by atoms with Crippen molar-refractivity contribution in [2.45, 2.75) is 6.92 Å². The standard InChI is InChI=1S/C16H15N3O/c1-11-6-2-4-8-13(11)18-16(20)19-15-10-17-14-9-5-3-7-12(14)15/h2-10,17H,1H3,(H2,18,19,20). The number of rotatable bonds is 2. The van der Waals surface area contributed by atoms with Crippen molar-refractivity contribution in [3.63, 3.8) is 0 Å². The van der Waals surface area contributed by atoms with Gasteiger partial charge in [0.05, 0.1) is 5.69 Å². The van der Waals surface area contributed by atoms with E-state index >= 15 is 0 Å². The number of aryl methyl sites for hydroxylation is 1. The number of carbonyl (C=O) groups is 1. The van der Waals surface area contributed by atoms with Gasteiger partial charge in [-0.2, -0.15) is 0 Å². The van der Waals surface area contributed by atoms with Crippen LogP contribution in [0.3, 0.4) is 0 Å². The molecule has 0 bridgehead atoms. The summed E-state index contributed by atoms with van der Waals surface area (Å²) in [6.45, 7) is 1.96. The Morgan fingerprint density at radius 1 is 0.950 bits per heavy atom. The van der Waals surface area contributed by atoms with Gasteiger partial charge >= 0.3 is 6.03 Å². The molecule has 100 valence electrons.